The van der Waals surface area contributed by atoms with Gasteiger partial charge in [0, 0.05) is 18.4 Å². The molecule has 0 unspecified atom stereocenters. The van der Waals surface area contributed by atoms with E-state index in [4.69, 9.17) is 11.6 Å². The van der Waals surface area contributed by atoms with Gasteiger partial charge >= 0.3 is 0 Å². The number of aryl methyl sites for hydroxylation is 1. The van der Waals surface area contributed by atoms with Crippen LogP contribution in [0.25, 0.3) is 0 Å². The first kappa shape index (κ1) is 13.5. The van der Waals surface area contributed by atoms with Crippen molar-refractivity contribution in [3.8, 4) is 0 Å². The summed E-state index contributed by atoms with van der Waals surface area (Å²) in [4.78, 5) is 24.4. The second kappa shape index (κ2) is 4.04. The van der Waals surface area contributed by atoms with Crippen LogP contribution in [0.15, 0.2) is 10.9 Å². The molecule has 0 saturated heterocycles. The van der Waals surface area contributed by atoms with E-state index in [1.165, 1.54) is 10.6 Å². The second-order valence-corrected chi connectivity index (χ2v) is 5.91. The van der Waals surface area contributed by atoms with Crippen molar-refractivity contribution in [1.82, 2.24) is 9.88 Å². The van der Waals surface area contributed by atoms with Gasteiger partial charge in [-0.3, -0.25) is 14.2 Å². The largest absolute Gasteiger partial charge is 0.327 e. The molecular formula is C13H13ClF2N2O2. The molecule has 2 heterocycles. The molecule has 0 radical (unpaired) electrons. The lowest BCUT2D eigenvalue weighted by molar-refractivity contribution is -0.0668. The summed E-state index contributed by atoms with van der Waals surface area (Å²) in [6.45, 7) is 1.59. The van der Waals surface area contributed by atoms with Crippen molar-refractivity contribution in [3.05, 3.63) is 32.7 Å². The average Bonchev–Trinajstić information content (AvgIpc) is 2.65. The highest BCUT2D eigenvalue weighted by Gasteiger charge is 2.50. The summed E-state index contributed by atoms with van der Waals surface area (Å²) in [5, 5.41) is 2.86. The van der Waals surface area contributed by atoms with Crippen LogP contribution in [0, 0.1) is 6.92 Å². The lowest BCUT2D eigenvalue weighted by Gasteiger charge is -2.38. The molecule has 0 bridgehead atoms. The van der Waals surface area contributed by atoms with E-state index in [0.717, 1.165) is 0 Å². The smallest absolute Gasteiger partial charge is 0.271 e. The van der Waals surface area contributed by atoms with Gasteiger partial charge in [-0.15, -0.1) is 0 Å². The van der Waals surface area contributed by atoms with Gasteiger partial charge in [-0.25, -0.2) is 8.78 Å². The molecule has 1 amide bonds. The van der Waals surface area contributed by atoms with Crippen LogP contribution in [0.2, 0.25) is 5.02 Å². The summed E-state index contributed by atoms with van der Waals surface area (Å²) in [5.74, 6) is -3.21. The van der Waals surface area contributed by atoms with Crippen LogP contribution < -0.4 is 10.9 Å². The highest BCUT2D eigenvalue weighted by Crippen LogP contribution is 2.43. The minimum Gasteiger partial charge on any atom is -0.327 e. The zero-order valence-corrected chi connectivity index (χ0v) is 11.6. The first-order valence-corrected chi connectivity index (χ1v) is 6.77. The number of fused-ring (bicyclic) bond motifs is 2. The third kappa shape index (κ3) is 1.78. The fraction of sp³-hybridized carbons (Fsp3) is 0.538. The molecule has 1 aliphatic heterocycles. The number of alkyl halides is 2. The summed E-state index contributed by atoms with van der Waals surface area (Å²) in [6, 6.07) is 1.44. The molecule has 7 heteroatoms. The molecule has 108 valence electrons. The minimum atomic E-state index is -2.74. The highest BCUT2D eigenvalue weighted by molar-refractivity contribution is 6.33. The van der Waals surface area contributed by atoms with Gasteiger partial charge in [-0.05, 0) is 25.8 Å². The van der Waals surface area contributed by atoms with Crippen molar-refractivity contribution in [3.63, 3.8) is 0 Å². The molecule has 1 aromatic heterocycles. The van der Waals surface area contributed by atoms with Gasteiger partial charge < -0.3 is 5.32 Å². The quantitative estimate of drug-likeness (QED) is 0.800. The number of hydrogen-bond donors (Lipinski definition) is 1. The van der Waals surface area contributed by atoms with Gasteiger partial charge in [0.15, 0.2) is 0 Å². The number of carbonyl (C=O) groups excluding carboxylic acids is 1. The number of amides is 1. The molecule has 0 aromatic carbocycles. The Bertz CT molecular complexity index is 659. The SMILES string of the molecule is Cc1cc(Cl)c2n(c1=O)C1(CCC(F)(F)CC1)NC2=O. The Morgan fingerprint density at radius 1 is 1.25 bits per heavy atom. The lowest BCUT2D eigenvalue weighted by atomic mass is 9.86. The maximum atomic E-state index is 13.3. The number of aromatic nitrogens is 1. The fourth-order valence-electron chi connectivity index (χ4n) is 3.03. The Labute approximate surface area is 118 Å². The van der Waals surface area contributed by atoms with Crippen LogP contribution in [0.3, 0.4) is 0 Å². The Hall–Kier alpha value is -1.43. The molecule has 4 nitrogen and oxygen atoms in total. The average molecular weight is 303 g/mol. The second-order valence-electron chi connectivity index (χ2n) is 5.51. The van der Waals surface area contributed by atoms with Gasteiger partial charge in [0.25, 0.3) is 11.5 Å². The Morgan fingerprint density at radius 3 is 2.45 bits per heavy atom. The number of halogens is 3. The Balaban J connectivity index is 2.17. The van der Waals surface area contributed by atoms with E-state index in [-0.39, 0.29) is 42.0 Å². The molecule has 1 aromatic rings. The summed E-state index contributed by atoms with van der Waals surface area (Å²) >= 11 is 6.03. The third-order valence-electron chi connectivity index (χ3n) is 4.13. The van der Waals surface area contributed by atoms with Crippen LogP contribution >= 0.6 is 11.6 Å². The normalized spacial score (nSPS) is 22.7. The summed E-state index contributed by atoms with van der Waals surface area (Å²) in [6.07, 6.45) is -0.660. The number of hydrogen-bond acceptors (Lipinski definition) is 2. The Kier molecular flexibility index (Phi) is 2.73. The summed E-state index contributed by atoms with van der Waals surface area (Å²) in [7, 11) is 0. The standard InChI is InChI=1S/C13H13ClF2N2O2/c1-7-6-8(14)9-10(19)17-13(18(9)11(7)20)4-2-12(15,16)3-5-13/h6H,2-5H2,1H3,(H,17,19). The van der Waals surface area contributed by atoms with E-state index < -0.39 is 17.5 Å². The number of pyridine rings is 1. The highest BCUT2D eigenvalue weighted by atomic mass is 35.5. The van der Waals surface area contributed by atoms with Crippen LogP contribution in [-0.4, -0.2) is 16.4 Å². The van der Waals surface area contributed by atoms with Crippen molar-refractivity contribution < 1.29 is 13.6 Å². The first-order chi connectivity index (χ1) is 9.26. The fourth-order valence-corrected chi connectivity index (χ4v) is 3.36. The van der Waals surface area contributed by atoms with Crippen molar-refractivity contribution in [2.24, 2.45) is 0 Å². The molecular weight excluding hydrogens is 290 g/mol. The monoisotopic (exact) mass is 302 g/mol. The van der Waals surface area contributed by atoms with Gasteiger partial charge in [-0.1, -0.05) is 11.6 Å². The van der Waals surface area contributed by atoms with Crippen molar-refractivity contribution in [1.29, 1.82) is 0 Å². The van der Waals surface area contributed by atoms with Crippen LogP contribution in [0.4, 0.5) is 8.78 Å². The molecule has 1 saturated carbocycles. The van der Waals surface area contributed by atoms with E-state index in [2.05, 4.69) is 5.32 Å². The molecule has 20 heavy (non-hydrogen) atoms. The number of nitrogens with zero attached hydrogens (tertiary/aromatic N) is 1. The number of rotatable bonds is 0. The molecule has 1 fully saturated rings. The predicted octanol–water partition coefficient (Wildman–Crippen LogP) is 2.42. The van der Waals surface area contributed by atoms with Crippen molar-refractivity contribution in [2.75, 3.05) is 0 Å². The molecule has 1 aliphatic carbocycles. The summed E-state index contributed by atoms with van der Waals surface area (Å²) < 4.78 is 28.0. The van der Waals surface area contributed by atoms with E-state index in [0.29, 0.717) is 5.56 Å². The topological polar surface area (TPSA) is 51.1 Å². The van der Waals surface area contributed by atoms with Gasteiger partial charge in [0.05, 0.1) is 5.02 Å². The van der Waals surface area contributed by atoms with E-state index in [1.54, 1.807) is 6.92 Å². The lowest BCUT2D eigenvalue weighted by Crippen LogP contribution is -2.51. The van der Waals surface area contributed by atoms with Crippen molar-refractivity contribution >= 4 is 17.5 Å². The zero-order valence-electron chi connectivity index (χ0n) is 10.8. The molecule has 1 N–H and O–H groups in total. The molecule has 0 atom stereocenters. The molecule has 2 aliphatic rings. The van der Waals surface area contributed by atoms with Gasteiger partial charge in [0.1, 0.15) is 11.4 Å². The van der Waals surface area contributed by atoms with Gasteiger partial charge in [-0.2, -0.15) is 0 Å². The predicted molar refractivity (Wildman–Crippen MR) is 69.3 cm³/mol. The van der Waals surface area contributed by atoms with Gasteiger partial charge in [0.2, 0.25) is 5.92 Å². The van der Waals surface area contributed by atoms with Crippen LogP contribution in [-0.2, 0) is 5.66 Å². The Morgan fingerprint density at radius 2 is 1.85 bits per heavy atom. The zero-order chi connectivity index (χ0) is 14.7. The van der Waals surface area contributed by atoms with E-state index in [1.807, 2.05) is 0 Å². The van der Waals surface area contributed by atoms with Crippen molar-refractivity contribution in [2.45, 2.75) is 44.2 Å². The van der Waals surface area contributed by atoms with Crippen LogP contribution in [0.5, 0.6) is 0 Å². The van der Waals surface area contributed by atoms with E-state index in [9.17, 15) is 18.4 Å². The first-order valence-electron chi connectivity index (χ1n) is 6.39. The maximum absolute atomic E-state index is 13.3. The molecule has 1 spiro atoms. The van der Waals surface area contributed by atoms with E-state index >= 15 is 0 Å². The summed E-state index contributed by atoms with van der Waals surface area (Å²) in [5.41, 5.74) is -0.937. The van der Waals surface area contributed by atoms with Crippen LogP contribution in [0.1, 0.15) is 41.7 Å². The molecule has 3 rings (SSSR count). The number of carbonyl (C=O) groups is 1. The minimum absolute atomic E-state index is 0.0262. The number of nitrogens with one attached hydrogen (secondary N) is 1. The maximum Gasteiger partial charge on any atom is 0.271 e. The third-order valence-corrected chi connectivity index (χ3v) is 4.42.